The van der Waals surface area contributed by atoms with Crippen molar-refractivity contribution < 1.29 is 13.0 Å². The van der Waals surface area contributed by atoms with Crippen LogP contribution in [-0.4, -0.2) is 18.0 Å². The highest BCUT2D eigenvalue weighted by Gasteiger charge is 2.29. The lowest BCUT2D eigenvalue weighted by Crippen LogP contribution is -2.19. The van der Waals surface area contributed by atoms with Crippen LogP contribution in [0.4, 0.5) is 5.13 Å². The number of nitrogens with one attached hydrogen (secondary N) is 2. The van der Waals surface area contributed by atoms with E-state index < -0.39 is 10.3 Å². The van der Waals surface area contributed by atoms with E-state index >= 15 is 0 Å². The van der Waals surface area contributed by atoms with Crippen LogP contribution in [0.5, 0.6) is 0 Å². The standard InChI is InChI=1S/C8H13N3O3S2/c1-4(2)6-7-5(3-9-6)15-8(10-7)11-16(12,13)14/h4,6,9H,3H2,1-2H3,(H,10,11)(H,12,13,14)/t6-/m0/s1. The number of hydrogen-bond donors (Lipinski definition) is 3. The van der Waals surface area contributed by atoms with Crippen molar-refractivity contribution in [2.45, 2.75) is 26.4 Å². The fourth-order valence-electron chi connectivity index (χ4n) is 1.74. The molecule has 0 radical (unpaired) electrons. The molecular formula is C8H13N3O3S2. The molecule has 1 atom stereocenters. The maximum atomic E-state index is 10.6. The number of nitrogens with zero attached hydrogens (tertiary/aromatic N) is 1. The third-order valence-corrected chi connectivity index (χ3v) is 3.95. The van der Waals surface area contributed by atoms with Crippen LogP contribution in [0, 0.1) is 5.92 Å². The average Bonchev–Trinajstić information content (AvgIpc) is 2.57. The van der Waals surface area contributed by atoms with Gasteiger partial charge in [0, 0.05) is 11.4 Å². The Balaban J connectivity index is 2.26. The first-order valence-electron chi connectivity index (χ1n) is 4.85. The summed E-state index contributed by atoms with van der Waals surface area (Å²) in [6.45, 7) is 4.84. The van der Waals surface area contributed by atoms with Gasteiger partial charge in [0.05, 0.1) is 11.7 Å². The fourth-order valence-corrected chi connectivity index (χ4v) is 3.30. The van der Waals surface area contributed by atoms with Gasteiger partial charge in [-0.3, -0.25) is 4.55 Å². The molecule has 8 heteroatoms. The van der Waals surface area contributed by atoms with Crippen molar-refractivity contribution in [3.8, 4) is 0 Å². The number of anilines is 1. The van der Waals surface area contributed by atoms with E-state index in [0.29, 0.717) is 12.5 Å². The van der Waals surface area contributed by atoms with Crippen LogP contribution < -0.4 is 10.0 Å². The third-order valence-electron chi connectivity index (χ3n) is 2.39. The molecule has 1 aromatic heterocycles. The van der Waals surface area contributed by atoms with Crippen molar-refractivity contribution in [3.05, 3.63) is 10.6 Å². The third kappa shape index (κ3) is 2.34. The van der Waals surface area contributed by atoms with E-state index in [-0.39, 0.29) is 11.2 Å². The monoisotopic (exact) mass is 263 g/mol. The van der Waals surface area contributed by atoms with Crippen molar-refractivity contribution in [2.75, 3.05) is 4.72 Å². The van der Waals surface area contributed by atoms with Crippen molar-refractivity contribution in [2.24, 2.45) is 5.92 Å². The summed E-state index contributed by atoms with van der Waals surface area (Å²) in [6, 6.07) is 0.156. The zero-order valence-corrected chi connectivity index (χ0v) is 10.5. The molecule has 6 nitrogen and oxygen atoms in total. The smallest absolute Gasteiger partial charge is 0.303 e. The van der Waals surface area contributed by atoms with Gasteiger partial charge in [-0.1, -0.05) is 25.2 Å². The molecule has 2 heterocycles. The lowest BCUT2D eigenvalue weighted by atomic mass is 10.0. The second-order valence-electron chi connectivity index (χ2n) is 4.01. The second-order valence-corrected chi connectivity index (χ2v) is 6.25. The van der Waals surface area contributed by atoms with Gasteiger partial charge in [0.2, 0.25) is 0 Å². The molecule has 0 aliphatic carbocycles. The van der Waals surface area contributed by atoms with E-state index in [4.69, 9.17) is 4.55 Å². The summed E-state index contributed by atoms with van der Waals surface area (Å²) in [4.78, 5) is 5.20. The molecule has 0 spiro atoms. The predicted octanol–water partition coefficient (Wildman–Crippen LogP) is 1.16. The first-order chi connectivity index (χ1) is 7.37. The molecule has 90 valence electrons. The van der Waals surface area contributed by atoms with Gasteiger partial charge < -0.3 is 5.32 Å². The molecule has 0 amide bonds. The Morgan fingerprint density at radius 3 is 2.88 bits per heavy atom. The van der Waals surface area contributed by atoms with E-state index in [9.17, 15) is 8.42 Å². The number of aromatic nitrogens is 1. The minimum absolute atomic E-state index is 0.156. The van der Waals surface area contributed by atoms with Gasteiger partial charge in [0.15, 0.2) is 5.13 Å². The van der Waals surface area contributed by atoms with Crippen LogP contribution in [-0.2, 0) is 16.8 Å². The van der Waals surface area contributed by atoms with E-state index in [0.717, 1.165) is 10.6 Å². The molecular weight excluding hydrogens is 250 g/mol. The number of fused-ring (bicyclic) bond motifs is 1. The van der Waals surface area contributed by atoms with Gasteiger partial charge in [-0.15, -0.1) is 0 Å². The Kier molecular flexibility index (Phi) is 2.91. The summed E-state index contributed by atoms with van der Waals surface area (Å²) in [5.74, 6) is 0.391. The first-order valence-corrected chi connectivity index (χ1v) is 7.10. The van der Waals surface area contributed by atoms with Gasteiger partial charge in [-0.05, 0) is 5.92 Å². The minimum Gasteiger partial charge on any atom is -0.303 e. The summed E-state index contributed by atoms with van der Waals surface area (Å²) < 4.78 is 31.9. The summed E-state index contributed by atoms with van der Waals surface area (Å²) in [5.41, 5.74) is 0.881. The van der Waals surface area contributed by atoms with Crippen molar-refractivity contribution in [1.82, 2.24) is 10.3 Å². The van der Waals surface area contributed by atoms with Gasteiger partial charge >= 0.3 is 10.3 Å². The molecule has 0 unspecified atom stereocenters. The molecule has 3 N–H and O–H groups in total. The van der Waals surface area contributed by atoms with Crippen LogP contribution in [0.2, 0.25) is 0 Å². The molecule has 0 fully saturated rings. The molecule has 0 bridgehead atoms. The number of hydrogen-bond acceptors (Lipinski definition) is 5. The van der Waals surface area contributed by atoms with Crippen LogP contribution in [0.15, 0.2) is 0 Å². The topological polar surface area (TPSA) is 91.3 Å². The fraction of sp³-hybridized carbons (Fsp3) is 0.625. The highest BCUT2D eigenvalue weighted by atomic mass is 32.2. The maximum Gasteiger partial charge on any atom is 0.359 e. The quantitative estimate of drug-likeness (QED) is 0.712. The van der Waals surface area contributed by atoms with Crippen molar-refractivity contribution in [1.29, 1.82) is 0 Å². The Hall–Kier alpha value is -0.700. The SMILES string of the molecule is CC(C)[C@@H]1NCc2sc(NS(=O)(=O)O)nc21. The molecule has 0 aromatic carbocycles. The number of thiazole rings is 1. The minimum atomic E-state index is -4.22. The molecule has 1 aliphatic heterocycles. The summed E-state index contributed by atoms with van der Waals surface area (Å²) >= 11 is 1.25. The summed E-state index contributed by atoms with van der Waals surface area (Å²) in [5, 5.41) is 3.52. The van der Waals surface area contributed by atoms with Gasteiger partial charge in [-0.2, -0.15) is 8.42 Å². The van der Waals surface area contributed by atoms with Crippen LogP contribution in [0.25, 0.3) is 0 Å². The first kappa shape index (κ1) is 11.8. The summed E-state index contributed by atoms with van der Waals surface area (Å²) in [7, 11) is -4.22. The summed E-state index contributed by atoms with van der Waals surface area (Å²) in [6.07, 6.45) is 0. The van der Waals surface area contributed by atoms with E-state index in [1.165, 1.54) is 11.3 Å². The Bertz CT molecular complexity index is 495. The van der Waals surface area contributed by atoms with Gasteiger partial charge in [-0.25, -0.2) is 9.71 Å². The van der Waals surface area contributed by atoms with Crippen LogP contribution >= 0.6 is 11.3 Å². The number of rotatable bonds is 3. The van der Waals surface area contributed by atoms with Crippen molar-refractivity contribution >= 4 is 26.8 Å². The maximum absolute atomic E-state index is 10.6. The predicted molar refractivity (Wildman–Crippen MR) is 61.7 cm³/mol. The van der Waals surface area contributed by atoms with Crippen molar-refractivity contribution in [3.63, 3.8) is 0 Å². The molecule has 1 aromatic rings. The Morgan fingerprint density at radius 2 is 2.31 bits per heavy atom. The molecule has 1 aliphatic rings. The van der Waals surface area contributed by atoms with Gasteiger partial charge in [0.25, 0.3) is 0 Å². The Labute approximate surface area is 98.0 Å². The lowest BCUT2D eigenvalue weighted by Gasteiger charge is -2.13. The second kappa shape index (κ2) is 3.95. The van der Waals surface area contributed by atoms with Gasteiger partial charge in [0.1, 0.15) is 0 Å². The van der Waals surface area contributed by atoms with E-state index in [2.05, 4.69) is 24.1 Å². The zero-order chi connectivity index (χ0) is 11.9. The average molecular weight is 263 g/mol. The Morgan fingerprint density at radius 1 is 1.62 bits per heavy atom. The van der Waals surface area contributed by atoms with Crippen LogP contribution in [0.1, 0.15) is 30.5 Å². The van der Waals surface area contributed by atoms with E-state index in [1.54, 1.807) is 0 Å². The molecule has 0 saturated carbocycles. The highest BCUT2D eigenvalue weighted by Crippen LogP contribution is 2.36. The molecule has 16 heavy (non-hydrogen) atoms. The highest BCUT2D eigenvalue weighted by molar-refractivity contribution is 7.87. The van der Waals surface area contributed by atoms with Crippen LogP contribution in [0.3, 0.4) is 0 Å². The lowest BCUT2D eigenvalue weighted by molar-refractivity contribution is 0.435. The zero-order valence-electron chi connectivity index (χ0n) is 8.89. The normalized spacial score (nSPS) is 20.1. The largest absolute Gasteiger partial charge is 0.359 e. The molecule has 0 saturated heterocycles. The van der Waals surface area contributed by atoms with E-state index in [1.807, 2.05) is 4.72 Å². The molecule has 2 rings (SSSR count).